The van der Waals surface area contributed by atoms with Crippen LogP contribution >= 0.6 is 15.9 Å². The van der Waals surface area contributed by atoms with Crippen molar-refractivity contribution in [1.29, 1.82) is 0 Å². The molecule has 0 bridgehead atoms. The predicted octanol–water partition coefficient (Wildman–Crippen LogP) is 3.27. The van der Waals surface area contributed by atoms with Crippen LogP contribution in [-0.2, 0) is 11.2 Å². The predicted molar refractivity (Wildman–Crippen MR) is 76.4 cm³/mol. The second kappa shape index (κ2) is 5.15. The maximum absolute atomic E-state index is 14.0. The van der Waals surface area contributed by atoms with Gasteiger partial charge in [0.15, 0.2) is 0 Å². The molecule has 2 fully saturated rings. The quantitative estimate of drug-likeness (QED) is 0.921. The Morgan fingerprint density at radius 3 is 2.89 bits per heavy atom. The summed E-state index contributed by atoms with van der Waals surface area (Å²) in [4.78, 5) is 0. The average Bonchev–Trinajstić information content (AvgIpc) is 3.16. The van der Waals surface area contributed by atoms with Crippen molar-refractivity contribution in [1.82, 2.24) is 0 Å². The van der Waals surface area contributed by atoms with Crippen molar-refractivity contribution in [3.63, 3.8) is 0 Å². The van der Waals surface area contributed by atoms with Crippen molar-refractivity contribution in [2.24, 2.45) is 17.1 Å². The summed E-state index contributed by atoms with van der Waals surface area (Å²) in [5, 5.41) is 0. The number of hydrogen-bond acceptors (Lipinski definition) is 2. The highest BCUT2D eigenvalue weighted by atomic mass is 79.9. The molecule has 2 unspecified atom stereocenters. The van der Waals surface area contributed by atoms with Crippen molar-refractivity contribution < 1.29 is 9.13 Å². The fourth-order valence-electron chi connectivity index (χ4n) is 3.28. The summed E-state index contributed by atoms with van der Waals surface area (Å²) in [5.74, 6) is 0.499. The van der Waals surface area contributed by atoms with Crippen LogP contribution in [0.15, 0.2) is 22.7 Å². The molecule has 0 spiro atoms. The Balaban J connectivity index is 1.87. The van der Waals surface area contributed by atoms with Gasteiger partial charge in [-0.15, -0.1) is 0 Å². The molecule has 2 N–H and O–H groups in total. The number of halogens is 2. The van der Waals surface area contributed by atoms with Crippen LogP contribution in [0.5, 0.6) is 0 Å². The van der Waals surface area contributed by atoms with Crippen LogP contribution in [0, 0.1) is 17.2 Å². The highest BCUT2D eigenvalue weighted by molar-refractivity contribution is 9.10. The third-order valence-corrected chi connectivity index (χ3v) is 5.00. The Labute approximate surface area is 121 Å². The number of ether oxygens (including phenoxy) is 1. The van der Waals surface area contributed by atoms with Gasteiger partial charge >= 0.3 is 0 Å². The van der Waals surface area contributed by atoms with Gasteiger partial charge in [-0.2, -0.15) is 0 Å². The van der Waals surface area contributed by atoms with Crippen LogP contribution in [-0.4, -0.2) is 19.3 Å². The molecule has 1 saturated carbocycles. The SMILES string of the molecule is NCC1(Cc2cc(Br)ccc2F)CCOC1C1CC1. The molecule has 104 valence electrons. The Morgan fingerprint density at radius 1 is 1.42 bits per heavy atom. The largest absolute Gasteiger partial charge is 0.377 e. The summed E-state index contributed by atoms with van der Waals surface area (Å²) >= 11 is 3.41. The Morgan fingerprint density at radius 2 is 2.21 bits per heavy atom. The third-order valence-electron chi connectivity index (χ3n) is 4.51. The zero-order valence-electron chi connectivity index (χ0n) is 10.9. The van der Waals surface area contributed by atoms with E-state index in [-0.39, 0.29) is 17.3 Å². The summed E-state index contributed by atoms with van der Waals surface area (Å²) in [6.07, 6.45) is 4.30. The van der Waals surface area contributed by atoms with E-state index in [4.69, 9.17) is 10.5 Å². The first-order chi connectivity index (χ1) is 9.14. The molecule has 2 aliphatic rings. The Hall–Kier alpha value is -0.450. The highest BCUT2D eigenvalue weighted by Crippen LogP contribution is 2.49. The molecule has 0 aromatic heterocycles. The van der Waals surface area contributed by atoms with E-state index in [0.29, 0.717) is 18.9 Å². The lowest BCUT2D eigenvalue weighted by Crippen LogP contribution is -2.41. The van der Waals surface area contributed by atoms with Gasteiger partial charge in [0.05, 0.1) is 6.10 Å². The van der Waals surface area contributed by atoms with Crippen LogP contribution in [0.25, 0.3) is 0 Å². The van der Waals surface area contributed by atoms with Crippen LogP contribution in [0.2, 0.25) is 0 Å². The lowest BCUT2D eigenvalue weighted by Gasteiger charge is -2.33. The van der Waals surface area contributed by atoms with E-state index in [1.807, 2.05) is 6.07 Å². The van der Waals surface area contributed by atoms with Crippen molar-refractivity contribution in [2.75, 3.05) is 13.2 Å². The molecule has 4 heteroatoms. The smallest absolute Gasteiger partial charge is 0.126 e. The first kappa shape index (κ1) is 13.5. The number of rotatable bonds is 4. The van der Waals surface area contributed by atoms with E-state index in [1.165, 1.54) is 18.9 Å². The van der Waals surface area contributed by atoms with Crippen molar-refractivity contribution >= 4 is 15.9 Å². The molecule has 1 aliphatic heterocycles. The third kappa shape index (κ3) is 2.58. The minimum atomic E-state index is -0.141. The fraction of sp³-hybridized carbons (Fsp3) is 0.600. The standard InChI is InChI=1S/C15H19BrFNO/c16-12-3-4-13(17)11(7-12)8-15(9-18)5-6-19-14(15)10-1-2-10/h3-4,7,10,14H,1-2,5-6,8-9,18H2. The zero-order valence-corrected chi connectivity index (χ0v) is 12.5. The summed E-state index contributed by atoms with van der Waals surface area (Å²) in [7, 11) is 0. The van der Waals surface area contributed by atoms with Gasteiger partial charge in [-0.05, 0) is 55.4 Å². The molecule has 1 heterocycles. The molecule has 1 aliphatic carbocycles. The molecule has 1 saturated heterocycles. The highest BCUT2D eigenvalue weighted by Gasteiger charge is 2.50. The topological polar surface area (TPSA) is 35.2 Å². The van der Waals surface area contributed by atoms with Crippen LogP contribution in [0.4, 0.5) is 4.39 Å². The molecular weight excluding hydrogens is 309 g/mol. The molecule has 19 heavy (non-hydrogen) atoms. The summed E-state index contributed by atoms with van der Waals surface area (Å²) in [6.45, 7) is 1.33. The zero-order chi connectivity index (χ0) is 13.5. The van der Waals surface area contributed by atoms with E-state index in [1.54, 1.807) is 6.07 Å². The van der Waals surface area contributed by atoms with Crippen LogP contribution in [0.1, 0.15) is 24.8 Å². The fourth-order valence-corrected chi connectivity index (χ4v) is 3.69. The van der Waals surface area contributed by atoms with Gasteiger partial charge in [-0.1, -0.05) is 15.9 Å². The van der Waals surface area contributed by atoms with E-state index in [0.717, 1.165) is 23.1 Å². The first-order valence-electron chi connectivity index (χ1n) is 6.90. The molecule has 0 amide bonds. The Kier molecular flexibility index (Phi) is 3.67. The number of hydrogen-bond donors (Lipinski definition) is 1. The van der Waals surface area contributed by atoms with Gasteiger partial charge in [-0.25, -0.2) is 4.39 Å². The first-order valence-corrected chi connectivity index (χ1v) is 7.69. The second-order valence-electron chi connectivity index (χ2n) is 5.86. The monoisotopic (exact) mass is 327 g/mol. The van der Waals surface area contributed by atoms with E-state index < -0.39 is 0 Å². The second-order valence-corrected chi connectivity index (χ2v) is 6.77. The maximum Gasteiger partial charge on any atom is 0.126 e. The number of benzene rings is 1. The van der Waals surface area contributed by atoms with Gasteiger partial charge in [0.2, 0.25) is 0 Å². The Bertz CT molecular complexity index is 477. The summed E-state index contributed by atoms with van der Waals surface area (Å²) in [6, 6.07) is 5.12. The van der Waals surface area contributed by atoms with Gasteiger partial charge in [-0.3, -0.25) is 0 Å². The van der Waals surface area contributed by atoms with Gasteiger partial charge in [0.25, 0.3) is 0 Å². The molecule has 3 rings (SSSR count). The minimum Gasteiger partial charge on any atom is -0.377 e. The van der Waals surface area contributed by atoms with Crippen molar-refractivity contribution in [2.45, 2.75) is 31.8 Å². The lowest BCUT2D eigenvalue weighted by molar-refractivity contribution is 0.0341. The normalized spacial score (nSPS) is 30.8. The van der Waals surface area contributed by atoms with Crippen molar-refractivity contribution in [3.8, 4) is 0 Å². The summed E-state index contributed by atoms with van der Waals surface area (Å²) < 4.78 is 20.8. The van der Waals surface area contributed by atoms with Gasteiger partial charge in [0.1, 0.15) is 5.82 Å². The van der Waals surface area contributed by atoms with E-state index in [9.17, 15) is 4.39 Å². The minimum absolute atomic E-state index is 0.0806. The molecule has 1 aromatic rings. The van der Waals surface area contributed by atoms with Gasteiger partial charge < -0.3 is 10.5 Å². The molecule has 0 radical (unpaired) electrons. The van der Waals surface area contributed by atoms with E-state index in [2.05, 4.69) is 15.9 Å². The van der Waals surface area contributed by atoms with Crippen LogP contribution < -0.4 is 5.73 Å². The maximum atomic E-state index is 14.0. The average molecular weight is 328 g/mol. The molecule has 2 nitrogen and oxygen atoms in total. The summed E-state index contributed by atoms with van der Waals surface area (Å²) in [5.41, 5.74) is 6.71. The van der Waals surface area contributed by atoms with Crippen molar-refractivity contribution in [3.05, 3.63) is 34.1 Å². The molecule has 2 atom stereocenters. The van der Waals surface area contributed by atoms with E-state index >= 15 is 0 Å². The molecule has 1 aromatic carbocycles. The number of nitrogens with two attached hydrogens (primary N) is 1. The van der Waals surface area contributed by atoms with Crippen LogP contribution in [0.3, 0.4) is 0 Å². The van der Waals surface area contributed by atoms with Gasteiger partial charge in [0, 0.05) is 23.0 Å². The lowest BCUT2D eigenvalue weighted by atomic mass is 9.74. The molecular formula is C15H19BrFNO.